The molecule has 0 fully saturated rings. The van der Waals surface area contributed by atoms with E-state index in [-0.39, 0.29) is 27.3 Å². The van der Waals surface area contributed by atoms with Gasteiger partial charge in [0.2, 0.25) is 0 Å². The van der Waals surface area contributed by atoms with Gasteiger partial charge in [-0.25, -0.2) is 4.79 Å². The number of allylic oxidation sites excluding steroid dienone is 1. The number of aliphatic carboxylic acids is 1. The van der Waals surface area contributed by atoms with Gasteiger partial charge in [0.05, 0.1) is 0 Å². The van der Waals surface area contributed by atoms with Gasteiger partial charge in [0.1, 0.15) is 0 Å². The molecule has 0 aliphatic heterocycles. The molecule has 0 bridgehead atoms. The second kappa shape index (κ2) is 15.6. The van der Waals surface area contributed by atoms with Gasteiger partial charge in [-0.15, -0.1) is 0 Å². The molecule has 0 aliphatic rings. The fraction of sp³-hybridized carbons (Fsp3) is 0.850. The number of hydrogen-bond donors (Lipinski definition) is 1. The zero-order chi connectivity index (χ0) is 17.0. The van der Waals surface area contributed by atoms with Gasteiger partial charge in [-0.2, -0.15) is 0 Å². The van der Waals surface area contributed by atoms with Crippen LogP contribution in [-0.2, 0) is 32.1 Å². The summed E-state index contributed by atoms with van der Waals surface area (Å²) in [4.78, 5) is 10.5. The Hall–Kier alpha value is 0.132. The third kappa shape index (κ3) is 18.3. The predicted octanol–water partition coefficient (Wildman–Crippen LogP) is 6.45. The molecule has 0 aliphatic carbocycles. The first-order valence-corrected chi connectivity index (χ1v) is 9.21. The van der Waals surface area contributed by atoms with E-state index in [4.69, 9.17) is 5.11 Å². The largest absolute Gasteiger partial charge is 0.478 e. The smallest absolute Gasteiger partial charge is 0.328 e. The molecule has 23 heavy (non-hydrogen) atoms. The summed E-state index contributed by atoms with van der Waals surface area (Å²) in [6.07, 6.45) is 12.7. The molecule has 0 aromatic heterocycles. The minimum Gasteiger partial charge on any atom is -0.478 e. The Morgan fingerprint density at radius 2 is 1.30 bits per heavy atom. The molecule has 3 heteroatoms. The number of carboxylic acids is 1. The Kier molecular flexibility index (Phi) is 17.3. The van der Waals surface area contributed by atoms with Crippen LogP contribution < -0.4 is 0 Å². The summed E-state index contributed by atoms with van der Waals surface area (Å²) < 4.78 is 0. The summed E-state index contributed by atoms with van der Waals surface area (Å²) in [6.45, 7) is 11.3. The molecular formula is C20H38CdO2. The van der Waals surface area contributed by atoms with Crippen LogP contribution in [0.25, 0.3) is 0 Å². The van der Waals surface area contributed by atoms with Gasteiger partial charge in [0.15, 0.2) is 0 Å². The molecule has 2 nitrogen and oxygen atoms in total. The van der Waals surface area contributed by atoms with Crippen LogP contribution in [0.1, 0.15) is 92.4 Å². The third-order valence-electron chi connectivity index (χ3n) is 4.51. The van der Waals surface area contributed by atoms with Crippen molar-refractivity contribution in [3.63, 3.8) is 0 Å². The number of carbonyl (C=O) groups is 1. The van der Waals surface area contributed by atoms with Crippen LogP contribution in [0.2, 0.25) is 0 Å². The molecule has 0 rings (SSSR count). The minimum atomic E-state index is -0.822. The van der Waals surface area contributed by atoms with Gasteiger partial charge >= 0.3 is 5.97 Å². The third-order valence-corrected chi connectivity index (χ3v) is 4.51. The van der Waals surface area contributed by atoms with Gasteiger partial charge in [0.25, 0.3) is 0 Å². The maximum absolute atomic E-state index is 10.5. The van der Waals surface area contributed by atoms with E-state index in [1.54, 1.807) is 0 Å². The van der Waals surface area contributed by atoms with E-state index in [1.165, 1.54) is 51.0 Å². The number of rotatable bonds is 13. The molecular weight excluding hydrogens is 385 g/mol. The monoisotopic (exact) mass is 424 g/mol. The standard InChI is InChI=1S/C20H38O2.Cd/c1-16(2)9-6-10-17(3)11-7-12-18(4)13-8-14-19(5)15-20(21)22;/h15-18H,6-14H2,1-5H3,(H,21,22);/b19-15+;/t17-,18-;/m1./s1. The Morgan fingerprint density at radius 3 is 1.74 bits per heavy atom. The van der Waals surface area contributed by atoms with E-state index in [1.807, 2.05) is 6.92 Å². The summed E-state index contributed by atoms with van der Waals surface area (Å²) in [5, 5.41) is 8.68. The molecule has 0 spiro atoms. The van der Waals surface area contributed by atoms with Crippen LogP contribution in [-0.4, -0.2) is 11.1 Å². The van der Waals surface area contributed by atoms with E-state index in [0.717, 1.165) is 36.2 Å². The van der Waals surface area contributed by atoms with E-state index in [2.05, 4.69) is 27.7 Å². The van der Waals surface area contributed by atoms with E-state index < -0.39 is 5.97 Å². The summed E-state index contributed by atoms with van der Waals surface area (Å²) in [6, 6.07) is 0. The van der Waals surface area contributed by atoms with E-state index >= 15 is 0 Å². The van der Waals surface area contributed by atoms with Crippen LogP contribution in [0.5, 0.6) is 0 Å². The first-order chi connectivity index (χ1) is 10.3. The Bertz CT molecular complexity index is 324. The molecule has 0 amide bonds. The first-order valence-electron chi connectivity index (χ1n) is 9.21. The fourth-order valence-electron chi connectivity index (χ4n) is 2.99. The summed E-state index contributed by atoms with van der Waals surface area (Å²) in [5.41, 5.74) is 0.985. The van der Waals surface area contributed by atoms with Crippen molar-refractivity contribution in [2.24, 2.45) is 17.8 Å². The van der Waals surface area contributed by atoms with Gasteiger partial charge in [-0.3, -0.25) is 0 Å². The SMILES string of the molecule is C/C(=C\C(=O)O)CCC[C@H](C)CCC[C@H](C)CCCC(C)C.[Cd]. The molecule has 132 valence electrons. The Labute approximate surface area is 164 Å². The molecule has 0 aromatic carbocycles. The van der Waals surface area contributed by atoms with Crippen molar-refractivity contribution >= 4 is 5.97 Å². The van der Waals surface area contributed by atoms with Crippen molar-refractivity contribution in [1.82, 2.24) is 0 Å². The second-order valence-electron chi connectivity index (χ2n) is 7.69. The molecule has 2 atom stereocenters. The van der Waals surface area contributed by atoms with Crippen molar-refractivity contribution in [3.8, 4) is 0 Å². The molecule has 0 heterocycles. The van der Waals surface area contributed by atoms with Gasteiger partial charge in [-0.1, -0.05) is 78.2 Å². The van der Waals surface area contributed by atoms with E-state index in [0.29, 0.717) is 0 Å². The Morgan fingerprint density at radius 1 is 0.870 bits per heavy atom. The van der Waals surface area contributed by atoms with Crippen molar-refractivity contribution in [1.29, 1.82) is 0 Å². The normalized spacial score (nSPS) is 14.4. The molecule has 0 saturated carbocycles. The van der Waals surface area contributed by atoms with Crippen LogP contribution >= 0.6 is 0 Å². The van der Waals surface area contributed by atoms with Crippen molar-refractivity contribution < 1.29 is 37.2 Å². The average molecular weight is 423 g/mol. The first kappa shape index (κ1) is 25.4. The van der Waals surface area contributed by atoms with Crippen LogP contribution in [0.4, 0.5) is 0 Å². The molecule has 0 unspecified atom stereocenters. The van der Waals surface area contributed by atoms with Gasteiger partial charge in [-0.05, 0) is 37.5 Å². The zero-order valence-electron chi connectivity index (χ0n) is 16.2. The average Bonchev–Trinajstić information content (AvgIpc) is 2.37. The van der Waals surface area contributed by atoms with Gasteiger partial charge in [0, 0.05) is 33.4 Å². The molecule has 1 N–H and O–H groups in total. The summed E-state index contributed by atoms with van der Waals surface area (Å²) in [7, 11) is 0. The van der Waals surface area contributed by atoms with Crippen molar-refractivity contribution in [2.45, 2.75) is 92.4 Å². The van der Waals surface area contributed by atoms with Crippen molar-refractivity contribution in [2.75, 3.05) is 0 Å². The zero-order valence-corrected chi connectivity index (χ0v) is 20.3. The predicted molar refractivity (Wildman–Crippen MR) is 96.1 cm³/mol. The Balaban J connectivity index is 0. The van der Waals surface area contributed by atoms with Crippen LogP contribution in [0, 0.1) is 17.8 Å². The topological polar surface area (TPSA) is 37.3 Å². The number of carboxylic acid groups (broad SMARTS) is 1. The molecule has 0 radical (unpaired) electrons. The summed E-state index contributed by atoms with van der Waals surface area (Å²) >= 11 is 0. The van der Waals surface area contributed by atoms with Crippen LogP contribution in [0.3, 0.4) is 0 Å². The van der Waals surface area contributed by atoms with Crippen LogP contribution in [0.15, 0.2) is 11.6 Å². The quantitative estimate of drug-likeness (QED) is 0.273. The minimum absolute atomic E-state index is 0. The maximum atomic E-state index is 10.5. The van der Waals surface area contributed by atoms with Crippen molar-refractivity contribution in [3.05, 3.63) is 11.6 Å². The second-order valence-corrected chi connectivity index (χ2v) is 7.69. The molecule has 0 aromatic rings. The number of hydrogen-bond acceptors (Lipinski definition) is 1. The van der Waals surface area contributed by atoms with Gasteiger partial charge < -0.3 is 5.11 Å². The molecule has 0 saturated heterocycles. The van der Waals surface area contributed by atoms with E-state index in [9.17, 15) is 4.79 Å². The maximum Gasteiger partial charge on any atom is 0.328 e. The fourth-order valence-corrected chi connectivity index (χ4v) is 2.99. The summed E-state index contributed by atoms with van der Waals surface area (Å²) in [5.74, 6) is 1.65.